The van der Waals surface area contributed by atoms with Gasteiger partial charge in [0.15, 0.2) is 5.78 Å². The molecule has 5 nitrogen and oxygen atoms in total. The monoisotopic (exact) mass is 289 g/mol. The molecule has 1 heterocycles. The summed E-state index contributed by atoms with van der Waals surface area (Å²) in [6, 6.07) is 7.61. The molecule has 1 aromatic rings. The molecule has 1 aromatic carbocycles. The highest BCUT2D eigenvalue weighted by molar-refractivity contribution is 5.94. The lowest BCUT2D eigenvalue weighted by Gasteiger charge is -2.38. The van der Waals surface area contributed by atoms with Gasteiger partial charge in [-0.3, -0.25) is 9.59 Å². The molecule has 1 saturated heterocycles. The Morgan fingerprint density at radius 1 is 1.05 bits per heavy atom. The molecule has 2 N–H and O–H groups in total. The first-order chi connectivity index (χ1) is 9.79. The van der Waals surface area contributed by atoms with Gasteiger partial charge in [0, 0.05) is 37.4 Å². The van der Waals surface area contributed by atoms with Crippen LogP contribution < -0.4 is 10.6 Å². The molecule has 0 spiro atoms. The minimum atomic E-state index is -0.814. The van der Waals surface area contributed by atoms with Gasteiger partial charge in [0.05, 0.1) is 5.54 Å². The van der Waals surface area contributed by atoms with E-state index in [-0.39, 0.29) is 11.7 Å². The van der Waals surface area contributed by atoms with Crippen LogP contribution in [0.5, 0.6) is 0 Å². The third-order valence-electron chi connectivity index (χ3n) is 3.76. The number of piperazine rings is 1. The second-order valence-electron chi connectivity index (χ2n) is 6.10. The van der Waals surface area contributed by atoms with Crippen molar-refractivity contribution in [2.75, 3.05) is 31.1 Å². The number of benzene rings is 1. The van der Waals surface area contributed by atoms with E-state index < -0.39 is 5.54 Å². The van der Waals surface area contributed by atoms with Gasteiger partial charge < -0.3 is 15.5 Å². The summed E-state index contributed by atoms with van der Waals surface area (Å²) in [5, 5.41) is 0. The number of carbonyl (C=O) groups excluding carboxylic acids is 2. The summed E-state index contributed by atoms with van der Waals surface area (Å²) in [6.07, 6.45) is 0. The predicted octanol–water partition coefficient (Wildman–Crippen LogP) is 1.28. The topological polar surface area (TPSA) is 66.6 Å². The molecule has 0 radical (unpaired) electrons. The molecule has 0 atom stereocenters. The van der Waals surface area contributed by atoms with Crippen LogP contribution >= 0.6 is 0 Å². The highest BCUT2D eigenvalue weighted by atomic mass is 16.2. The maximum atomic E-state index is 12.1. The van der Waals surface area contributed by atoms with E-state index in [1.54, 1.807) is 20.8 Å². The van der Waals surface area contributed by atoms with Crippen molar-refractivity contribution in [1.29, 1.82) is 0 Å². The summed E-state index contributed by atoms with van der Waals surface area (Å²) in [5.74, 6) is 0.0659. The van der Waals surface area contributed by atoms with Gasteiger partial charge in [-0.05, 0) is 45.0 Å². The highest BCUT2D eigenvalue weighted by Gasteiger charge is 2.30. The lowest BCUT2D eigenvalue weighted by atomic mass is 10.0. The number of hydrogen-bond donors (Lipinski definition) is 1. The Labute approximate surface area is 125 Å². The maximum Gasteiger partial charge on any atom is 0.242 e. The Kier molecular flexibility index (Phi) is 4.32. The zero-order valence-electron chi connectivity index (χ0n) is 12.9. The highest BCUT2D eigenvalue weighted by Crippen LogP contribution is 2.18. The van der Waals surface area contributed by atoms with Crippen molar-refractivity contribution in [2.45, 2.75) is 26.3 Å². The first-order valence-electron chi connectivity index (χ1n) is 7.23. The molecule has 1 amide bonds. The van der Waals surface area contributed by atoms with Gasteiger partial charge >= 0.3 is 0 Å². The van der Waals surface area contributed by atoms with Crippen LogP contribution in [0.4, 0.5) is 5.69 Å². The number of Topliss-reactive ketones (excluding diaryl/α,β-unsaturated/α-hetero) is 1. The number of ketones is 1. The Morgan fingerprint density at radius 2 is 1.57 bits per heavy atom. The third-order valence-corrected chi connectivity index (χ3v) is 3.76. The molecule has 0 bridgehead atoms. The van der Waals surface area contributed by atoms with Crippen molar-refractivity contribution >= 4 is 17.4 Å². The van der Waals surface area contributed by atoms with E-state index in [1.165, 1.54) is 0 Å². The van der Waals surface area contributed by atoms with Gasteiger partial charge in [-0.2, -0.15) is 0 Å². The lowest BCUT2D eigenvalue weighted by molar-refractivity contribution is -0.136. The maximum absolute atomic E-state index is 12.1. The number of rotatable bonds is 3. The molecule has 114 valence electrons. The number of nitrogens with zero attached hydrogens (tertiary/aromatic N) is 2. The van der Waals surface area contributed by atoms with Crippen molar-refractivity contribution in [2.24, 2.45) is 5.73 Å². The van der Waals surface area contributed by atoms with Crippen LogP contribution in [0.1, 0.15) is 31.1 Å². The van der Waals surface area contributed by atoms with E-state index in [0.717, 1.165) is 24.3 Å². The molecule has 1 aliphatic rings. The van der Waals surface area contributed by atoms with Crippen molar-refractivity contribution in [3.05, 3.63) is 29.8 Å². The molecule has 1 aliphatic heterocycles. The second-order valence-corrected chi connectivity index (χ2v) is 6.10. The molecule has 21 heavy (non-hydrogen) atoms. The van der Waals surface area contributed by atoms with E-state index in [1.807, 2.05) is 29.2 Å². The summed E-state index contributed by atoms with van der Waals surface area (Å²) in [4.78, 5) is 27.4. The first kappa shape index (κ1) is 15.5. The van der Waals surface area contributed by atoms with Gasteiger partial charge in [-0.25, -0.2) is 0 Å². The molecule has 1 fully saturated rings. The summed E-state index contributed by atoms with van der Waals surface area (Å²) in [7, 11) is 0. The average molecular weight is 289 g/mol. The van der Waals surface area contributed by atoms with Gasteiger partial charge in [0.2, 0.25) is 5.91 Å². The predicted molar refractivity (Wildman–Crippen MR) is 83.5 cm³/mol. The molecule has 0 saturated carbocycles. The van der Waals surface area contributed by atoms with E-state index >= 15 is 0 Å². The van der Waals surface area contributed by atoms with Crippen molar-refractivity contribution in [1.82, 2.24) is 4.90 Å². The van der Waals surface area contributed by atoms with Crippen molar-refractivity contribution in [3.63, 3.8) is 0 Å². The van der Waals surface area contributed by atoms with Crippen LogP contribution in [-0.4, -0.2) is 48.3 Å². The van der Waals surface area contributed by atoms with Crippen molar-refractivity contribution < 1.29 is 9.59 Å². The largest absolute Gasteiger partial charge is 0.368 e. The molecule has 2 rings (SSSR count). The van der Waals surface area contributed by atoms with Crippen LogP contribution in [-0.2, 0) is 4.79 Å². The van der Waals surface area contributed by atoms with Crippen LogP contribution in [0.15, 0.2) is 24.3 Å². The van der Waals surface area contributed by atoms with E-state index in [9.17, 15) is 9.59 Å². The standard InChI is InChI=1S/C16H23N3O2/c1-12(20)13-4-6-14(7-5-13)18-8-10-19(11-9-18)15(21)16(2,3)17/h4-7H,8-11,17H2,1-3H3. The first-order valence-corrected chi connectivity index (χ1v) is 7.23. The Bertz CT molecular complexity index is 523. The Balaban J connectivity index is 1.98. The van der Waals surface area contributed by atoms with Gasteiger partial charge in [-0.15, -0.1) is 0 Å². The average Bonchev–Trinajstić information content (AvgIpc) is 2.46. The fourth-order valence-electron chi connectivity index (χ4n) is 2.48. The van der Waals surface area contributed by atoms with Crippen LogP contribution in [0.25, 0.3) is 0 Å². The van der Waals surface area contributed by atoms with Crippen LogP contribution in [0.3, 0.4) is 0 Å². The zero-order valence-corrected chi connectivity index (χ0v) is 12.9. The van der Waals surface area contributed by atoms with Crippen molar-refractivity contribution in [3.8, 4) is 0 Å². The Morgan fingerprint density at radius 3 is 2.00 bits per heavy atom. The molecule has 0 unspecified atom stereocenters. The Hall–Kier alpha value is -1.88. The molecular weight excluding hydrogens is 266 g/mol. The number of anilines is 1. The van der Waals surface area contributed by atoms with E-state index in [4.69, 9.17) is 5.73 Å². The molecule has 5 heteroatoms. The molecular formula is C16H23N3O2. The van der Waals surface area contributed by atoms with Gasteiger partial charge in [-0.1, -0.05) is 0 Å². The second kappa shape index (κ2) is 5.85. The molecule has 0 aromatic heterocycles. The SMILES string of the molecule is CC(=O)c1ccc(N2CCN(C(=O)C(C)(C)N)CC2)cc1. The number of amides is 1. The van der Waals surface area contributed by atoms with Gasteiger partial charge in [0.1, 0.15) is 0 Å². The normalized spacial score (nSPS) is 16.0. The summed E-state index contributed by atoms with van der Waals surface area (Å²) in [6.45, 7) is 7.95. The minimum Gasteiger partial charge on any atom is -0.368 e. The summed E-state index contributed by atoms with van der Waals surface area (Å²) in [5.41, 5.74) is 6.85. The van der Waals surface area contributed by atoms with Crippen LogP contribution in [0, 0.1) is 0 Å². The summed E-state index contributed by atoms with van der Waals surface area (Å²) >= 11 is 0. The number of hydrogen-bond acceptors (Lipinski definition) is 4. The number of nitrogens with two attached hydrogens (primary N) is 1. The van der Waals surface area contributed by atoms with Gasteiger partial charge in [0.25, 0.3) is 0 Å². The van der Waals surface area contributed by atoms with E-state index in [0.29, 0.717) is 13.1 Å². The lowest BCUT2D eigenvalue weighted by Crippen LogP contribution is -2.57. The summed E-state index contributed by atoms with van der Waals surface area (Å²) < 4.78 is 0. The quantitative estimate of drug-likeness (QED) is 0.851. The fourth-order valence-corrected chi connectivity index (χ4v) is 2.48. The zero-order chi connectivity index (χ0) is 15.6. The third kappa shape index (κ3) is 3.61. The number of carbonyl (C=O) groups is 2. The fraction of sp³-hybridized carbons (Fsp3) is 0.500. The van der Waals surface area contributed by atoms with Crippen LogP contribution in [0.2, 0.25) is 0 Å². The minimum absolute atomic E-state index is 0.00548. The van der Waals surface area contributed by atoms with E-state index in [2.05, 4.69) is 4.90 Å². The smallest absolute Gasteiger partial charge is 0.242 e. The molecule has 0 aliphatic carbocycles.